The van der Waals surface area contributed by atoms with Crippen LogP contribution in [0.15, 0.2) is 24.3 Å². The topological polar surface area (TPSA) is 45.0 Å². The molecule has 0 aromatic heterocycles. The molecule has 1 aromatic rings. The number of benzene rings is 1. The number of methoxy groups -OCH3 is 1. The first-order valence-corrected chi connectivity index (χ1v) is 6.09. The van der Waals surface area contributed by atoms with E-state index in [0.717, 1.165) is 18.2 Å². The average Bonchev–Trinajstić information content (AvgIpc) is 3.19. The Labute approximate surface area is 102 Å². The molecule has 0 aliphatic heterocycles. The molecule has 0 bridgehead atoms. The highest BCUT2D eigenvalue weighted by atomic mass is 16.5. The predicted octanol–water partition coefficient (Wildman–Crippen LogP) is 2.65. The van der Waals surface area contributed by atoms with Gasteiger partial charge in [0.25, 0.3) is 0 Å². The largest absolute Gasteiger partial charge is 0.497 e. The first-order valence-electron chi connectivity index (χ1n) is 6.09. The molecule has 1 saturated carbocycles. The van der Waals surface area contributed by atoms with E-state index in [4.69, 9.17) is 10.00 Å². The number of hydrogen-bond donors (Lipinski definition) is 1. The van der Waals surface area contributed by atoms with Crippen LogP contribution in [0.4, 0.5) is 0 Å². The molecule has 0 amide bonds. The molecule has 1 aliphatic carbocycles. The van der Waals surface area contributed by atoms with Gasteiger partial charge in [0.15, 0.2) is 0 Å². The van der Waals surface area contributed by atoms with E-state index < -0.39 is 0 Å². The van der Waals surface area contributed by atoms with Crippen LogP contribution in [0.1, 0.15) is 30.9 Å². The maximum atomic E-state index is 8.57. The summed E-state index contributed by atoms with van der Waals surface area (Å²) in [6.07, 6.45) is 3.14. The zero-order valence-electron chi connectivity index (χ0n) is 10.1. The van der Waals surface area contributed by atoms with Crippen molar-refractivity contribution in [3.05, 3.63) is 29.8 Å². The standard InChI is InChI=1S/C14H18N2O/c1-17-13-7-5-12(6-8-13)14(11-3-4-11)16-10-2-9-15/h5-8,11,14,16H,2-4,10H2,1H3. The molecular formula is C14H18N2O. The minimum atomic E-state index is 0.397. The van der Waals surface area contributed by atoms with Gasteiger partial charge in [-0.3, -0.25) is 0 Å². The van der Waals surface area contributed by atoms with Crippen molar-refractivity contribution < 1.29 is 4.74 Å². The van der Waals surface area contributed by atoms with E-state index in [1.54, 1.807) is 7.11 Å². The van der Waals surface area contributed by atoms with Gasteiger partial charge >= 0.3 is 0 Å². The van der Waals surface area contributed by atoms with E-state index in [9.17, 15) is 0 Å². The second-order valence-corrected chi connectivity index (χ2v) is 4.45. The van der Waals surface area contributed by atoms with Crippen LogP contribution in [-0.2, 0) is 0 Å². The Balaban J connectivity index is 2.01. The lowest BCUT2D eigenvalue weighted by Gasteiger charge is -2.18. The third-order valence-electron chi connectivity index (χ3n) is 3.17. The second kappa shape index (κ2) is 5.70. The van der Waals surface area contributed by atoms with Gasteiger partial charge in [-0.25, -0.2) is 0 Å². The van der Waals surface area contributed by atoms with Crippen LogP contribution >= 0.6 is 0 Å². The Morgan fingerprint density at radius 2 is 2.12 bits per heavy atom. The van der Waals surface area contributed by atoms with Crippen LogP contribution < -0.4 is 10.1 Å². The average molecular weight is 230 g/mol. The Kier molecular flexibility index (Phi) is 4.00. The number of rotatable bonds is 6. The van der Waals surface area contributed by atoms with Gasteiger partial charge in [0, 0.05) is 19.0 Å². The minimum absolute atomic E-state index is 0.397. The predicted molar refractivity (Wildman–Crippen MR) is 66.7 cm³/mol. The summed E-state index contributed by atoms with van der Waals surface area (Å²) in [7, 11) is 1.68. The van der Waals surface area contributed by atoms with Crippen molar-refractivity contribution in [3.8, 4) is 11.8 Å². The lowest BCUT2D eigenvalue weighted by molar-refractivity contribution is 0.414. The maximum absolute atomic E-state index is 8.57. The molecule has 1 unspecified atom stereocenters. The number of hydrogen-bond acceptors (Lipinski definition) is 3. The van der Waals surface area contributed by atoms with Gasteiger partial charge in [0.1, 0.15) is 5.75 Å². The fourth-order valence-corrected chi connectivity index (χ4v) is 2.08. The van der Waals surface area contributed by atoms with Gasteiger partial charge in [-0.2, -0.15) is 5.26 Å². The van der Waals surface area contributed by atoms with Gasteiger partial charge in [-0.15, -0.1) is 0 Å². The van der Waals surface area contributed by atoms with E-state index >= 15 is 0 Å². The SMILES string of the molecule is COc1ccc(C(NCCC#N)C2CC2)cc1. The fourth-order valence-electron chi connectivity index (χ4n) is 2.08. The van der Waals surface area contributed by atoms with Crippen molar-refractivity contribution in [2.45, 2.75) is 25.3 Å². The van der Waals surface area contributed by atoms with Crippen molar-refractivity contribution >= 4 is 0 Å². The second-order valence-electron chi connectivity index (χ2n) is 4.45. The number of nitriles is 1. The fraction of sp³-hybridized carbons (Fsp3) is 0.500. The van der Waals surface area contributed by atoms with Crippen LogP contribution in [0.2, 0.25) is 0 Å². The number of nitrogens with one attached hydrogen (secondary N) is 1. The molecule has 1 aromatic carbocycles. The van der Waals surface area contributed by atoms with Gasteiger partial charge in [0.2, 0.25) is 0 Å². The molecule has 2 rings (SSSR count). The Hall–Kier alpha value is -1.53. The maximum Gasteiger partial charge on any atom is 0.118 e. The van der Waals surface area contributed by atoms with Crippen LogP contribution in [0.5, 0.6) is 5.75 Å². The molecule has 3 nitrogen and oxygen atoms in total. The minimum Gasteiger partial charge on any atom is -0.497 e. The van der Waals surface area contributed by atoms with E-state index in [1.165, 1.54) is 18.4 Å². The molecule has 17 heavy (non-hydrogen) atoms. The molecule has 0 saturated heterocycles. The molecule has 0 radical (unpaired) electrons. The van der Waals surface area contributed by atoms with Gasteiger partial charge in [-0.05, 0) is 36.5 Å². The summed E-state index contributed by atoms with van der Waals surface area (Å²) < 4.78 is 5.16. The third kappa shape index (κ3) is 3.21. The van der Waals surface area contributed by atoms with Gasteiger partial charge < -0.3 is 10.1 Å². The Morgan fingerprint density at radius 1 is 1.41 bits per heavy atom. The molecule has 1 fully saturated rings. The van der Waals surface area contributed by atoms with Crippen LogP contribution in [0, 0.1) is 17.2 Å². The molecule has 0 spiro atoms. The zero-order chi connectivity index (χ0) is 12.1. The summed E-state index contributed by atoms with van der Waals surface area (Å²) >= 11 is 0. The highest BCUT2D eigenvalue weighted by Crippen LogP contribution is 2.41. The van der Waals surface area contributed by atoms with Crippen LogP contribution in [0.25, 0.3) is 0 Å². The molecule has 0 heterocycles. The summed E-state index contributed by atoms with van der Waals surface area (Å²) in [6, 6.07) is 10.8. The van der Waals surface area contributed by atoms with Crippen molar-refractivity contribution in [1.82, 2.24) is 5.32 Å². The van der Waals surface area contributed by atoms with Crippen molar-refractivity contribution in [1.29, 1.82) is 5.26 Å². The highest BCUT2D eigenvalue weighted by molar-refractivity contribution is 5.30. The Morgan fingerprint density at radius 3 is 2.65 bits per heavy atom. The lowest BCUT2D eigenvalue weighted by Crippen LogP contribution is -2.23. The van der Waals surface area contributed by atoms with Gasteiger partial charge in [-0.1, -0.05) is 12.1 Å². The first kappa shape index (κ1) is 11.9. The summed E-state index contributed by atoms with van der Waals surface area (Å²) in [6.45, 7) is 0.768. The van der Waals surface area contributed by atoms with Crippen molar-refractivity contribution in [2.24, 2.45) is 5.92 Å². The molecule has 1 aliphatic rings. The normalized spacial score (nSPS) is 16.2. The summed E-state index contributed by atoms with van der Waals surface area (Å²) in [5.74, 6) is 1.63. The number of ether oxygens (including phenoxy) is 1. The van der Waals surface area contributed by atoms with E-state index in [-0.39, 0.29) is 0 Å². The van der Waals surface area contributed by atoms with Crippen molar-refractivity contribution in [3.63, 3.8) is 0 Å². The molecule has 3 heteroatoms. The van der Waals surface area contributed by atoms with E-state index in [1.807, 2.05) is 12.1 Å². The highest BCUT2D eigenvalue weighted by Gasteiger charge is 2.31. The smallest absolute Gasteiger partial charge is 0.118 e. The Bertz CT molecular complexity index is 390. The van der Waals surface area contributed by atoms with E-state index in [0.29, 0.717) is 12.5 Å². The third-order valence-corrected chi connectivity index (χ3v) is 3.17. The van der Waals surface area contributed by atoms with E-state index in [2.05, 4.69) is 23.5 Å². The van der Waals surface area contributed by atoms with Gasteiger partial charge in [0.05, 0.1) is 13.2 Å². The number of nitrogens with zero attached hydrogens (tertiary/aromatic N) is 1. The van der Waals surface area contributed by atoms with Crippen molar-refractivity contribution in [2.75, 3.05) is 13.7 Å². The zero-order valence-corrected chi connectivity index (χ0v) is 10.1. The van der Waals surface area contributed by atoms with Crippen LogP contribution in [0.3, 0.4) is 0 Å². The molecular weight excluding hydrogens is 212 g/mol. The first-order chi connectivity index (χ1) is 8.35. The summed E-state index contributed by atoms with van der Waals surface area (Å²) in [4.78, 5) is 0. The summed E-state index contributed by atoms with van der Waals surface area (Å²) in [5.41, 5.74) is 1.30. The summed E-state index contributed by atoms with van der Waals surface area (Å²) in [5, 5.41) is 12.0. The van der Waals surface area contributed by atoms with Crippen LogP contribution in [-0.4, -0.2) is 13.7 Å². The molecule has 1 N–H and O–H groups in total. The quantitative estimate of drug-likeness (QED) is 0.764. The molecule has 1 atom stereocenters. The molecule has 90 valence electrons. The lowest BCUT2D eigenvalue weighted by atomic mass is 10.0. The monoisotopic (exact) mass is 230 g/mol.